The number of carbonyl (C=O) groups excluding carboxylic acids is 1. The predicted octanol–water partition coefficient (Wildman–Crippen LogP) is 4.47. The highest BCUT2D eigenvalue weighted by Gasteiger charge is 2.21. The highest BCUT2D eigenvalue weighted by Crippen LogP contribution is 2.30. The highest BCUT2D eigenvalue weighted by atomic mass is 16.5. The Hall–Kier alpha value is -2.69. The molecule has 1 N–H and O–H groups in total. The molecule has 2 aromatic carbocycles. The van der Waals surface area contributed by atoms with E-state index in [0.29, 0.717) is 17.4 Å². The van der Waals surface area contributed by atoms with Gasteiger partial charge in [0.1, 0.15) is 17.2 Å². The first kappa shape index (κ1) is 20.6. The minimum Gasteiger partial charge on any atom is -0.497 e. The molecule has 0 fully saturated rings. The van der Waals surface area contributed by atoms with Gasteiger partial charge in [0, 0.05) is 5.56 Å². The van der Waals surface area contributed by atoms with Crippen LogP contribution in [0.3, 0.4) is 0 Å². The Morgan fingerprint density at radius 3 is 2.22 bits per heavy atom. The zero-order valence-corrected chi connectivity index (χ0v) is 16.9. The molecular formula is C22H29NO4. The second kappa shape index (κ2) is 9.31. The summed E-state index contributed by atoms with van der Waals surface area (Å²) in [5.74, 6) is 2.27. The minimum absolute atomic E-state index is 0.189. The van der Waals surface area contributed by atoms with Crippen molar-refractivity contribution < 1.29 is 19.0 Å². The van der Waals surface area contributed by atoms with Gasteiger partial charge in [-0.2, -0.15) is 0 Å². The third-order valence-corrected chi connectivity index (χ3v) is 4.48. The van der Waals surface area contributed by atoms with E-state index in [0.717, 1.165) is 16.9 Å². The first-order chi connectivity index (χ1) is 12.9. The van der Waals surface area contributed by atoms with Crippen LogP contribution in [0.15, 0.2) is 42.5 Å². The standard InChI is InChI=1S/C22H29NO4/c1-14(2)18-9-7-8-10-21(18)27-16(4)22(24)23-15(3)19-13-17(25-5)11-12-20(19)26-6/h7-16H,1-6H3,(H,23,24)/t15-,16+/m1/s1. The van der Waals surface area contributed by atoms with Crippen molar-refractivity contribution in [2.24, 2.45) is 0 Å². The van der Waals surface area contributed by atoms with Crippen LogP contribution in [0.1, 0.15) is 50.8 Å². The Labute approximate surface area is 161 Å². The van der Waals surface area contributed by atoms with Gasteiger partial charge in [-0.25, -0.2) is 0 Å². The summed E-state index contributed by atoms with van der Waals surface area (Å²) in [6.07, 6.45) is -0.621. The van der Waals surface area contributed by atoms with E-state index in [1.165, 1.54) is 0 Å². The SMILES string of the molecule is COc1ccc(OC)c([C@@H](C)NC(=O)[C@H](C)Oc2ccccc2C(C)C)c1. The van der Waals surface area contributed by atoms with Gasteiger partial charge < -0.3 is 19.5 Å². The Morgan fingerprint density at radius 2 is 1.59 bits per heavy atom. The number of carbonyl (C=O) groups is 1. The van der Waals surface area contributed by atoms with E-state index in [1.807, 2.05) is 49.4 Å². The average Bonchev–Trinajstić information content (AvgIpc) is 2.67. The van der Waals surface area contributed by atoms with Gasteiger partial charge in [0.15, 0.2) is 6.10 Å². The van der Waals surface area contributed by atoms with Crippen molar-refractivity contribution in [1.29, 1.82) is 0 Å². The van der Waals surface area contributed by atoms with Crippen LogP contribution in [-0.4, -0.2) is 26.2 Å². The van der Waals surface area contributed by atoms with E-state index >= 15 is 0 Å². The summed E-state index contributed by atoms with van der Waals surface area (Å²) >= 11 is 0. The van der Waals surface area contributed by atoms with Crippen LogP contribution in [0.25, 0.3) is 0 Å². The summed E-state index contributed by atoms with van der Waals surface area (Å²) in [5, 5.41) is 2.99. The molecule has 2 atom stereocenters. The van der Waals surface area contributed by atoms with Crippen molar-refractivity contribution >= 4 is 5.91 Å². The second-order valence-corrected chi connectivity index (χ2v) is 6.79. The Bertz CT molecular complexity index is 773. The number of hydrogen-bond acceptors (Lipinski definition) is 4. The largest absolute Gasteiger partial charge is 0.497 e. The molecule has 0 aliphatic heterocycles. The number of nitrogens with one attached hydrogen (secondary N) is 1. The normalized spacial score (nSPS) is 13.0. The molecule has 2 aromatic rings. The molecule has 0 heterocycles. The third kappa shape index (κ3) is 5.16. The van der Waals surface area contributed by atoms with Crippen molar-refractivity contribution in [3.8, 4) is 17.2 Å². The molecule has 0 saturated heterocycles. The third-order valence-electron chi connectivity index (χ3n) is 4.48. The van der Waals surface area contributed by atoms with E-state index in [-0.39, 0.29) is 11.9 Å². The molecule has 1 amide bonds. The Balaban J connectivity index is 2.10. The summed E-state index contributed by atoms with van der Waals surface area (Å²) in [4.78, 5) is 12.7. The van der Waals surface area contributed by atoms with Crippen LogP contribution in [0.5, 0.6) is 17.2 Å². The van der Waals surface area contributed by atoms with Gasteiger partial charge in [0.05, 0.1) is 20.3 Å². The van der Waals surface area contributed by atoms with Crippen molar-refractivity contribution in [3.05, 3.63) is 53.6 Å². The maximum atomic E-state index is 12.7. The molecule has 0 aliphatic carbocycles. The lowest BCUT2D eigenvalue weighted by Crippen LogP contribution is -2.38. The molecule has 0 saturated carbocycles. The molecule has 5 heteroatoms. The van der Waals surface area contributed by atoms with Crippen LogP contribution >= 0.6 is 0 Å². The minimum atomic E-state index is -0.621. The highest BCUT2D eigenvalue weighted by molar-refractivity contribution is 5.81. The molecular weight excluding hydrogens is 342 g/mol. The lowest BCUT2D eigenvalue weighted by Gasteiger charge is -2.22. The van der Waals surface area contributed by atoms with Gasteiger partial charge in [0.25, 0.3) is 5.91 Å². The van der Waals surface area contributed by atoms with E-state index < -0.39 is 6.10 Å². The fourth-order valence-electron chi connectivity index (χ4n) is 2.90. The van der Waals surface area contributed by atoms with Gasteiger partial charge in [-0.05, 0) is 49.6 Å². The molecule has 146 valence electrons. The monoisotopic (exact) mass is 371 g/mol. The number of amides is 1. The van der Waals surface area contributed by atoms with Crippen molar-refractivity contribution in [2.45, 2.75) is 45.8 Å². The van der Waals surface area contributed by atoms with Crippen LogP contribution in [0, 0.1) is 0 Å². The molecule has 2 rings (SSSR count). The molecule has 0 bridgehead atoms. The first-order valence-corrected chi connectivity index (χ1v) is 9.15. The maximum Gasteiger partial charge on any atom is 0.261 e. The van der Waals surface area contributed by atoms with E-state index in [2.05, 4.69) is 19.2 Å². The van der Waals surface area contributed by atoms with E-state index in [1.54, 1.807) is 21.1 Å². The summed E-state index contributed by atoms with van der Waals surface area (Å²) < 4.78 is 16.6. The van der Waals surface area contributed by atoms with Crippen LogP contribution in [0.2, 0.25) is 0 Å². The average molecular weight is 371 g/mol. The van der Waals surface area contributed by atoms with Crippen molar-refractivity contribution in [2.75, 3.05) is 14.2 Å². The lowest BCUT2D eigenvalue weighted by molar-refractivity contribution is -0.127. The maximum absolute atomic E-state index is 12.7. The van der Waals surface area contributed by atoms with Gasteiger partial charge in [-0.15, -0.1) is 0 Å². The number of methoxy groups -OCH3 is 2. The molecule has 0 radical (unpaired) electrons. The molecule has 0 spiro atoms. The number of para-hydroxylation sites is 1. The summed E-state index contributed by atoms with van der Waals surface area (Å²) in [6.45, 7) is 7.86. The number of benzene rings is 2. The molecule has 0 aliphatic rings. The molecule has 0 unspecified atom stereocenters. The van der Waals surface area contributed by atoms with Crippen molar-refractivity contribution in [3.63, 3.8) is 0 Å². The van der Waals surface area contributed by atoms with E-state index in [4.69, 9.17) is 14.2 Å². The zero-order valence-electron chi connectivity index (χ0n) is 16.9. The number of hydrogen-bond donors (Lipinski definition) is 1. The first-order valence-electron chi connectivity index (χ1n) is 9.15. The Morgan fingerprint density at radius 1 is 0.889 bits per heavy atom. The van der Waals surface area contributed by atoms with Crippen molar-refractivity contribution in [1.82, 2.24) is 5.32 Å². The van der Waals surface area contributed by atoms with Gasteiger partial charge in [0.2, 0.25) is 0 Å². The van der Waals surface area contributed by atoms with Gasteiger partial charge >= 0.3 is 0 Å². The number of ether oxygens (including phenoxy) is 3. The second-order valence-electron chi connectivity index (χ2n) is 6.79. The zero-order chi connectivity index (χ0) is 20.0. The fourth-order valence-corrected chi connectivity index (χ4v) is 2.90. The topological polar surface area (TPSA) is 56.8 Å². The predicted molar refractivity (Wildman–Crippen MR) is 107 cm³/mol. The summed E-state index contributed by atoms with van der Waals surface area (Å²) in [7, 11) is 3.21. The molecule has 27 heavy (non-hydrogen) atoms. The fraction of sp³-hybridized carbons (Fsp3) is 0.409. The molecule has 5 nitrogen and oxygen atoms in total. The number of rotatable bonds is 8. The van der Waals surface area contributed by atoms with Crippen LogP contribution < -0.4 is 19.5 Å². The van der Waals surface area contributed by atoms with Crippen LogP contribution in [0.4, 0.5) is 0 Å². The van der Waals surface area contributed by atoms with Crippen LogP contribution in [-0.2, 0) is 4.79 Å². The van der Waals surface area contributed by atoms with Gasteiger partial charge in [-0.1, -0.05) is 32.0 Å². The van der Waals surface area contributed by atoms with E-state index in [9.17, 15) is 4.79 Å². The summed E-state index contributed by atoms with van der Waals surface area (Å²) in [5.41, 5.74) is 1.93. The lowest BCUT2D eigenvalue weighted by atomic mass is 10.0. The Kier molecular flexibility index (Phi) is 7.11. The smallest absolute Gasteiger partial charge is 0.261 e. The summed E-state index contributed by atoms with van der Waals surface area (Å²) in [6, 6.07) is 13.1. The van der Waals surface area contributed by atoms with Gasteiger partial charge in [-0.3, -0.25) is 4.79 Å². The quantitative estimate of drug-likeness (QED) is 0.744. The molecule has 0 aromatic heterocycles.